The third-order valence-corrected chi connectivity index (χ3v) is 11.5. The average Bonchev–Trinajstić information content (AvgIpc) is 3.15. The fourth-order valence-corrected chi connectivity index (χ4v) is 8.64. The van der Waals surface area contributed by atoms with Crippen LogP contribution in [-0.2, 0) is 19.1 Å². The number of piperidine rings is 6. The Hall–Kier alpha value is -4.96. The molecule has 4 unspecified atom stereocenters. The van der Waals surface area contributed by atoms with E-state index in [1.165, 1.54) is 12.1 Å². The van der Waals surface area contributed by atoms with E-state index in [-0.39, 0.29) is 47.8 Å². The Bertz CT molecular complexity index is 1730. The van der Waals surface area contributed by atoms with Gasteiger partial charge in [-0.3, -0.25) is 9.59 Å². The number of carbonyl (C=O) groups excluding carboxylic acids is 4. The Labute approximate surface area is 311 Å². The molecule has 0 aromatic heterocycles. The normalized spacial score (nSPS) is 29.4. The van der Waals surface area contributed by atoms with Gasteiger partial charge >= 0.3 is 11.9 Å². The maximum Gasteiger partial charge on any atom is 0.334 e. The van der Waals surface area contributed by atoms with Crippen LogP contribution in [0.3, 0.4) is 0 Å². The number of anilines is 2. The number of hydrogen-bond acceptors (Lipinski definition) is 12. The van der Waals surface area contributed by atoms with E-state index in [4.69, 9.17) is 18.9 Å². The zero-order chi connectivity index (χ0) is 37.7. The number of esters is 2. The topological polar surface area (TPSA) is 142 Å². The van der Waals surface area contributed by atoms with E-state index in [0.717, 1.165) is 89.2 Å². The summed E-state index contributed by atoms with van der Waals surface area (Å²) in [4.78, 5) is 60.4. The summed E-state index contributed by atoms with van der Waals surface area (Å²) in [6.45, 7) is 5.53. The summed E-state index contributed by atoms with van der Waals surface area (Å²) in [7, 11) is 3.31. The van der Waals surface area contributed by atoms with Gasteiger partial charge in [-0.2, -0.15) is 0 Å². The largest absolute Gasteiger partial charge is 0.450 e. The van der Waals surface area contributed by atoms with Crippen molar-refractivity contribution in [2.45, 2.75) is 50.3 Å². The molecule has 2 aromatic carbocycles. The minimum absolute atomic E-state index is 0.00504. The lowest BCUT2D eigenvalue weighted by atomic mass is 9.84. The van der Waals surface area contributed by atoms with Crippen LogP contribution in [-0.4, -0.2) is 125 Å². The molecule has 2 amide bonds. The zero-order valence-corrected chi connectivity index (χ0v) is 30.2. The molecule has 4 atom stereocenters. The second-order valence-electron chi connectivity index (χ2n) is 15.1. The standard InChI is InChI=1S/C38H44F2N6O8/c1-43-19-33(53-35-25(13-23(39)15-29(35)43)37(49)41-27-17-45-9-5-21(27)6-10-45)51-31(47)3-4-32(48)52-34-20-44(2)30-16-24(40)14-26(36(30)54-34)38(50)42-28-18-46-11-7-22(28)8-12-46/h3-4,13-16,21-22,27-28,33-34H,5-12,17-20H2,1-2H3,(H,41,49)(H,42,50)/b4-3+. The minimum atomic E-state index is -1.18. The van der Waals surface area contributed by atoms with Crippen molar-refractivity contribution in [3.63, 3.8) is 0 Å². The molecule has 4 bridgehead atoms. The molecule has 8 aliphatic rings. The first-order chi connectivity index (χ1) is 26.0. The smallest absolute Gasteiger partial charge is 0.334 e. The molecule has 2 aromatic rings. The summed E-state index contributed by atoms with van der Waals surface area (Å²) in [5.74, 6) is -3.13. The summed E-state index contributed by atoms with van der Waals surface area (Å²) < 4.78 is 52.2. The molecule has 0 saturated carbocycles. The van der Waals surface area contributed by atoms with Crippen molar-refractivity contribution >= 4 is 35.1 Å². The maximum atomic E-state index is 14.7. The molecule has 6 fully saturated rings. The van der Waals surface area contributed by atoms with E-state index in [9.17, 15) is 28.0 Å². The van der Waals surface area contributed by atoms with Crippen LogP contribution in [0.1, 0.15) is 46.4 Å². The molecular weight excluding hydrogens is 706 g/mol. The van der Waals surface area contributed by atoms with Crippen LogP contribution in [0.2, 0.25) is 0 Å². The number of benzene rings is 2. The lowest BCUT2D eigenvalue weighted by Crippen LogP contribution is -2.57. The first kappa shape index (κ1) is 36.0. The Kier molecular flexibility index (Phi) is 9.81. The fraction of sp³-hybridized carbons (Fsp3) is 0.526. The molecule has 14 nitrogen and oxygen atoms in total. The molecule has 0 radical (unpaired) electrons. The maximum absolute atomic E-state index is 14.7. The van der Waals surface area contributed by atoms with Crippen molar-refractivity contribution in [1.82, 2.24) is 20.4 Å². The van der Waals surface area contributed by atoms with Gasteiger partial charge in [0.2, 0.25) is 0 Å². The number of likely N-dealkylation sites (N-methyl/N-ethyl adjacent to an activating group) is 2. The number of fused-ring (bicyclic) bond motifs is 8. The summed E-state index contributed by atoms with van der Waals surface area (Å²) >= 11 is 0. The van der Waals surface area contributed by atoms with Crippen LogP contribution >= 0.6 is 0 Å². The van der Waals surface area contributed by atoms with Gasteiger partial charge in [0.1, 0.15) is 11.6 Å². The van der Waals surface area contributed by atoms with E-state index >= 15 is 0 Å². The first-order valence-corrected chi connectivity index (χ1v) is 18.6. The van der Waals surface area contributed by atoms with Gasteiger partial charge in [0, 0.05) is 63.6 Å². The highest BCUT2D eigenvalue weighted by molar-refractivity contribution is 6.00. The second kappa shape index (κ2) is 14.7. The molecule has 6 saturated heterocycles. The third-order valence-electron chi connectivity index (χ3n) is 11.5. The Morgan fingerprint density at radius 1 is 0.648 bits per heavy atom. The third kappa shape index (κ3) is 7.40. The Morgan fingerprint density at radius 2 is 1.04 bits per heavy atom. The molecule has 288 valence electrons. The van der Waals surface area contributed by atoms with E-state index in [0.29, 0.717) is 23.2 Å². The number of halogens is 2. The fourth-order valence-electron chi connectivity index (χ4n) is 8.64. The van der Waals surface area contributed by atoms with Gasteiger partial charge in [0.05, 0.1) is 35.6 Å². The highest BCUT2D eigenvalue weighted by Gasteiger charge is 2.39. The van der Waals surface area contributed by atoms with Crippen LogP contribution in [0.25, 0.3) is 0 Å². The first-order valence-electron chi connectivity index (χ1n) is 18.6. The van der Waals surface area contributed by atoms with Crippen LogP contribution < -0.4 is 29.9 Å². The molecular formula is C38H44F2N6O8. The zero-order valence-electron chi connectivity index (χ0n) is 30.2. The predicted octanol–water partition coefficient (Wildman–Crippen LogP) is 2.27. The van der Waals surface area contributed by atoms with Crippen molar-refractivity contribution < 1.29 is 46.9 Å². The van der Waals surface area contributed by atoms with E-state index in [1.807, 2.05) is 0 Å². The van der Waals surface area contributed by atoms with Gasteiger partial charge in [0.15, 0.2) is 11.5 Å². The van der Waals surface area contributed by atoms with Gasteiger partial charge < -0.3 is 49.2 Å². The molecule has 8 heterocycles. The summed E-state index contributed by atoms with van der Waals surface area (Å²) in [5.41, 5.74) is 0.660. The summed E-state index contributed by atoms with van der Waals surface area (Å²) in [6.07, 6.45) is 3.34. The summed E-state index contributed by atoms with van der Waals surface area (Å²) in [6, 6.07) is 4.60. The quantitative estimate of drug-likeness (QED) is 0.302. The molecule has 0 aliphatic carbocycles. The monoisotopic (exact) mass is 750 g/mol. The lowest BCUT2D eigenvalue weighted by molar-refractivity contribution is -0.160. The van der Waals surface area contributed by atoms with E-state index < -0.39 is 48.0 Å². The molecule has 0 spiro atoms. The van der Waals surface area contributed by atoms with Crippen molar-refractivity contribution in [1.29, 1.82) is 0 Å². The number of amides is 2. The molecule has 16 heteroatoms. The van der Waals surface area contributed by atoms with E-state index in [2.05, 4.69) is 20.4 Å². The van der Waals surface area contributed by atoms with Gasteiger partial charge in [-0.05, 0) is 75.8 Å². The number of carbonyl (C=O) groups is 4. The number of ether oxygens (including phenoxy) is 4. The SMILES string of the molecule is CN1CC(OC(=O)/C=C/C(=O)OC2CN(C)c3cc(F)cc(C(=O)NC4CN5CCC4CC5)c3O2)Oc2c(C(=O)NC3CN4CCC3CC4)cc(F)cc21. The lowest BCUT2D eigenvalue weighted by Gasteiger charge is -2.45. The number of rotatable bonds is 8. The van der Waals surface area contributed by atoms with Crippen molar-refractivity contribution in [2.24, 2.45) is 11.8 Å². The Balaban J connectivity index is 0.885. The van der Waals surface area contributed by atoms with Crippen molar-refractivity contribution in [3.05, 3.63) is 59.2 Å². The van der Waals surface area contributed by atoms with Crippen LogP contribution in [0.15, 0.2) is 36.4 Å². The van der Waals surface area contributed by atoms with Gasteiger partial charge in [-0.1, -0.05) is 0 Å². The molecule has 8 aliphatic heterocycles. The minimum Gasteiger partial charge on any atom is -0.450 e. The van der Waals surface area contributed by atoms with Gasteiger partial charge in [0.25, 0.3) is 24.4 Å². The number of nitrogens with zero attached hydrogens (tertiary/aromatic N) is 4. The van der Waals surface area contributed by atoms with Gasteiger partial charge in [-0.15, -0.1) is 0 Å². The van der Waals surface area contributed by atoms with Crippen LogP contribution in [0.4, 0.5) is 20.2 Å². The highest BCUT2D eigenvalue weighted by atomic mass is 19.1. The van der Waals surface area contributed by atoms with Crippen molar-refractivity contribution in [2.75, 3.05) is 76.3 Å². The highest BCUT2D eigenvalue weighted by Crippen LogP contribution is 2.39. The van der Waals surface area contributed by atoms with Crippen LogP contribution in [0, 0.1) is 23.5 Å². The molecule has 2 N–H and O–H groups in total. The van der Waals surface area contributed by atoms with E-state index in [1.54, 1.807) is 23.9 Å². The number of nitrogens with one attached hydrogen (secondary N) is 2. The summed E-state index contributed by atoms with van der Waals surface area (Å²) in [5, 5.41) is 6.11. The number of hydrogen-bond donors (Lipinski definition) is 2. The van der Waals surface area contributed by atoms with Crippen LogP contribution in [0.5, 0.6) is 11.5 Å². The Morgan fingerprint density at radius 3 is 1.39 bits per heavy atom. The molecule has 54 heavy (non-hydrogen) atoms. The van der Waals surface area contributed by atoms with Gasteiger partial charge in [-0.25, -0.2) is 18.4 Å². The average molecular weight is 751 g/mol. The molecule has 10 rings (SSSR count). The second-order valence-corrected chi connectivity index (χ2v) is 15.1. The van der Waals surface area contributed by atoms with Crippen molar-refractivity contribution in [3.8, 4) is 11.5 Å². The predicted molar refractivity (Wildman–Crippen MR) is 190 cm³/mol.